The fraction of sp³-hybridized carbons (Fsp3) is 0.400. The lowest BCUT2D eigenvalue weighted by molar-refractivity contribution is 0.0696. The van der Waals surface area contributed by atoms with Gasteiger partial charge in [0.15, 0.2) is 5.78 Å². The summed E-state index contributed by atoms with van der Waals surface area (Å²) in [5.41, 5.74) is 3.71. The number of piperazine rings is 1. The zero-order chi connectivity index (χ0) is 18.8. The number of likely N-dealkylation sites (N-methyl/N-ethyl adjacent to an activating group) is 1. The summed E-state index contributed by atoms with van der Waals surface area (Å²) in [6, 6.07) is 8.65. The number of ketones is 1. The molecule has 8 heteroatoms. The lowest BCUT2D eigenvalue weighted by Gasteiger charge is -2.31. The summed E-state index contributed by atoms with van der Waals surface area (Å²) in [7, 11) is 2.10. The highest BCUT2D eigenvalue weighted by Crippen LogP contribution is 2.22. The SMILES string of the molecule is Cc1cc(C(=O)CN2CCN(C)CC2)c(C)n1-c1ccc(C(=O)O)cc1.Cl.Cl. The molecule has 2 aromatic rings. The Bertz CT molecular complexity index is 826. The number of hydrogen-bond acceptors (Lipinski definition) is 4. The number of aryl methyl sites for hydroxylation is 1. The van der Waals surface area contributed by atoms with Gasteiger partial charge in [-0.05, 0) is 51.2 Å². The molecule has 0 aliphatic carbocycles. The minimum absolute atomic E-state index is 0. The van der Waals surface area contributed by atoms with E-state index in [0.29, 0.717) is 6.54 Å². The summed E-state index contributed by atoms with van der Waals surface area (Å²) in [6.07, 6.45) is 0. The summed E-state index contributed by atoms with van der Waals surface area (Å²) in [6.45, 7) is 8.15. The van der Waals surface area contributed by atoms with Gasteiger partial charge >= 0.3 is 5.97 Å². The number of benzene rings is 1. The van der Waals surface area contributed by atoms with E-state index in [1.165, 1.54) is 0 Å². The van der Waals surface area contributed by atoms with Crippen LogP contribution in [0.1, 0.15) is 32.1 Å². The smallest absolute Gasteiger partial charge is 0.335 e. The van der Waals surface area contributed by atoms with Gasteiger partial charge in [-0.15, -0.1) is 24.8 Å². The van der Waals surface area contributed by atoms with Crippen molar-refractivity contribution in [1.82, 2.24) is 14.4 Å². The van der Waals surface area contributed by atoms with Crippen LogP contribution in [0.4, 0.5) is 0 Å². The van der Waals surface area contributed by atoms with E-state index in [1.807, 2.05) is 24.5 Å². The number of carboxylic acids is 1. The number of carbonyl (C=O) groups excluding carboxylic acids is 1. The summed E-state index contributed by atoms with van der Waals surface area (Å²) < 4.78 is 2.00. The Labute approximate surface area is 177 Å². The fourth-order valence-corrected chi connectivity index (χ4v) is 3.49. The van der Waals surface area contributed by atoms with Gasteiger partial charge in [-0.1, -0.05) is 0 Å². The van der Waals surface area contributed by atoms with Gasteiger partial charge in [0.2, 0.25) is 0 Å². The molecule has 0 radical (unpaired) electrons. The number of rotatable bonds is 5. The van der Waals surface area contributed by atoms with Crippen molar-refractivity contribution >= 4 is 36.6 Å². The van der Waals surface area contributed by atoms with Gasteiger partial charge in [0, 0.05) is 48.8 Å². The van der Waals surface area contributed by atoms with Crippen LogP contribution in [-0.2, 0) is 0 Å². The number of aromatic nitrogens is 1. The van der Waals surface area contributed by atoms with Crippen molar-refractivity contribution in [2.75, 3.05) is 39.8 Å². The predicted molar refractivity (Wildman–Crippen MR) is 115 cm³/mol. The van der Waals surface area contributed by atoms with E-state index < -0.39 is 5.97 Å². The third kappa shape index (κ3) is 5.14. The number of carbonyl (C=O) groups is 2. The first-order valence-electron chi connectivity index (χ1n) is 8.83. The molecule has 1 aromatic heterocycles. The standard InChI is InChI=1S/C20H25N3O3.2ClH/c1-14-12-18(19(24)13-22-10-8-21(3)9-11-22)15(2)23(14)17-6-4-16(5-7-17)20(25)26;;/h4-7,12H,8-11,13H2,1-3H3,(H,25,26);2*1H. The van der Waals surface area contributed by atoms with E-state index in [4.69, 9.17) is 5.11 Å². The third-order valence-electron chi connectivity index (χ3n) is 5.07. The molecule has 0 spiro atoms. The number of carboxylic acid groups (broad SMARTS) is 1. The molecule has 3 rings (SSSR count). The Morgan fingerprint density at radius 3 is 2.11 bits per heavy atom. The number of aromatic carboxylic acids is 1. The van der Waals surface area contributed by atoms with Gasteiger partial charge in [-0.3, -0.25) is 9.69 Å². The van der Waals surface area contributed by atoms with E-state index in [2.05, 4.69) is 16.8 Å². The number of nitrogens with zero attached hydrogens (tertiary/aromatic N) is 3. The van der Waals surface area contributed by atoms with E-state index in [0.717, 1.165) is 48.8 Å². The highest BCUT2D eigenvalue weighted by atomic mass is 35.5. The van der Waals surface area contributed by atoms with Crippen molar-refractivity contribution < 1.29 is 14.7 Å². The van der Waals surface area contributed by atoms with Crippen LogP contribution < -0.4 is 0 Å². The van der Waals surface area contributed by atoms with Crippen LogP contribution in [0.15, 0.2) is 30.3 Å². The third-order valence-corrected chi connectivity index (χ3v) is 5.07. The Morgan fingerprint density at radius 2 is 1.57 bits per heavy atom. The monoisotopic (exact) mass is 427 g/mol. The quantitative estimate of drug-likeness (QED) is 0.742. The van der Waals surface area contributed by atoms with Crippen molar-refractivity contribution in [3.05, 3.63) is 52.8 Å². The highest BCUT2D eigenvalue weighted by molar-refractivity contribution is 5.99. The lowest BCUT2D eigenvalue weighted by atomic mass is 10.1. The minimum Gasteiger partial charge on any atom is -0.478 e. The maximum atomic E-state index is 12.8. The summed E-state index contributed by atoms with van der Waals surface area (Å²) >= 11 is 0. The average molecular weight is 428 g/mol. The predicted octanol–water partition coefficient (Wildman–Crippen LogP) is 3.07. The molecule has 0 saturated carbocycles. The molecular formula is C20H27Cl2N3O3. The summed E-state index contributed by atoms with van der Waals surface area (Å²) in [5, 5.41) is 9.05. The lowest BCUT2D eigenvalue weighted by Crippen LogP contribution is -2.46. The van der Waals surface area contributed by atoms with Crippen LogP contribution in [0.2, 0.25) is 0 Å². The van der Waals surface area contributed by atoms with Crippen molar-refractivity contribution in [3.63, 3.8) is 0 Å². The molecule has 1 aliphatic rings. The van der Waals surface area contributed by atoms with Crippen molar-refractivity contribution in [2.45, 2.75) is 13.8 Å². The van der Waals surface area contributed by atoms with Gasteiger partial charge in [0.1, 0.15) is 0 Å². The van der Waals surface area contributed by atoms with Crippen LogP contribution in [0, 0.1) is 13.8 Å². The highest BCUT2D eigenvalue weighted by Gasteiger charge is 2.21. The second-order valence-corrected chi connectivity index (χ2v) is 6.97. The van der Waals surface area contributed by atoms with Gasteiger partial charge in [0.25, 0.3) is 0 Å². The second kappa shape index (κ2) is 10.1. The molecule has 6 nitrogen and oxygen atoms in total. The number of Topliss-reactive ketones (excluding diaryl/α,β-unsaturated/α-hetero) is 1. The molecule has 1 aliphatic heterocycles. The zero-order valence-corrected chi connectivity index (χ0v) is 18.0. The van der Waals surface area contributed by atoms with Gasteiger partial charge < -0.3 is 14.6 Å². The molecule has 0 bridgehead atoms. The van der Waals surface area contributed by atoms with Gasteiger partial charge in [-0.2, -0.15) is 0 Å². The largest absolute Gasteiger partial charge is 0.478 e. The van der Waals surface area contributed by atoms with Crippen LogP contribution in [-0.4, -0.2) is 71.0 Å². The average Bonchev–Trinajstić information content (AvgIpc) is 2.91. The zero-order valence-electron chi connectivity index (χ0n) is 16.3. The Balaban J connectivity index is 0.00000196. The van der Waals surface area contributed by atoms with Gasteiger partial charge in [-0.25, -0.2) is 4.79 Å². The van der Waals surface area contributed by atoms with Crippen LogP contribution in [0.5, 0.6) is 0 Å². The molecule has 1 aromatic carbocycles. The summed E-state index contributed by atoms with van der Waals surface area (Å²) in [5.74, 6) is -0.809. The summed E-state index contributed by atoms with van der Waals surface area (Å²) in [4.78, 5) is 28.3. The molecule has 0 amide bonds. The first-order valence-corrected chi connectivity index (χ1v) is 8.83. The van der Waals surface area contributed by atoms with Gasteiger partial charge in [0.05, 0.1) is 12.1 Å². The van der Waals surface area contributed by atoms with E-state index >= 15 is 0 Å². The van der Waals surface area contributed by atoms with Crippen LogP contribution >= 0.6 is 24.8 Å². The first kappa shape index (κ1) is 24.2. The van der Waals surface area contributed by atoms with Crippen LogP contribution in [0.3, 0.4) is 0 Å². The number of hydrogen-bond donors (Lipinski definition) is 1. The van der Waals surface area contributed by atoms with Crippen molar-refractivity contribution in [1.29, 1.82) is 0 Å². The molecule has 2 heterocycles. The molecule has 1 fully saturated rings. The molecule has 1 N–H and O–H groups in total. The topological polar surface area (TPSA) is 65.8 Å². The normalized spacial score (nSPS) is 14.8. The Hall–Kier alpha value is -1.86. The Kier molecular flexibility index (Phi) is 8.70. The Morgan fingerprint density at radius 1 is 1.00 bits per heavy atom. The molecule has 28 heavy (non-hydrogen) atoms. The van der Waals surface area contributed by atoms with E-state index in [-0.39, 0.29) is 36.2 Å². The van der Waals surface area contributed by atoms with Crippen molar-refractivity contribution in [3.8, 4) is 5.69 Å². The van der Waals surface area contributed by atoms with E-state index in [1.54, 1.807) is 24.3 Å². The molecule has 1 saturated heterocycles. The molecule has 0 atom stereocenters. The molecule has 0 unspecified atom stereocenters. The second-order valence-electron chi connectivity index (χ2n) is 6.97. The van der Waals surface area contributed by atoms with Crippen LogP contribution in [0.25, 0.3) is 5.69 Å². The minimum atomic E-state index is -0.944. The fourth-order valence-electron chi connectivity index (χ4n) is 3.49. The maximum absolute atomic E-state index is 12.8. The van der Waals surface area contributed by atoms with E-state index in [9.17, 15) is 9.59 Å². The first-order chi connectivity index (χ1) is 12.4. The molecule has 154 valence electrons. The number of halogens is 2. The maximum Gasteiger partial charge on any atom is 0.335 e. The van der Waals surface area contributed by atoms with Crippen molar-refractivity contribution in [2.24, 2.45) is 0 Å². The molecular weight excluding hydrogens is 401 g/mol.